The number of aliphatic hydroxyl groups is 2. The lowest BCUT2D eigenvalue weighted by Crippen LogP contribution is -2.76. The first-order valence-corrected chi connectivity index (χ1v) is 11.7. The van der Waals surface area contributed by atoms with Gasteiger partial charge in [-0.15, -0.1) is 0 Å². The van der Waals surface area contributed by atoms with Crippen LogP contribution in [0.3, 0.4) is 0 Å². The third-order valence-corrected chi connectivity index (χ3v) is 12.0. The average molecular weight is 414 g/mol. The zero-order valence-corrected chi connectivity index (χ0v) is 17.8. The first-order valence-electron chi connectivity index (χ1n) is 9.64. The van der Waals surface area contributed by atoms with Crippen LogP contribution >= 0.6 is 0 Å². The maximum Gasteiger partial charge on any atom is 0.414 e. The highest BCUT2D eigenvalue weighted by molar-refractivity contribution is 7.05. The van der Waals surface area contributed by atoms with E-state index in [1.807, 2.05) is 81.4 Å². The Balaban J connectivity index is 2.31. The molecular weight excluding hydrogens is 386 g/mol. The van der Waals surface area contributed by atoms with Crippen molar-refractivity contribution >= 4 is 30.4 Å². The Bertz CT molecular complexity index is 842. The van der Waals surface area contributed by atoms with Gasteiger partial charge in [-0.05, 0) is 5.04 Å². The van der Waals surface area contributed by atoms with E-state index >= 15 is 0 Å². The van der Waals surface area contributed by atoms with Gasteiger partial charge in [0.1, 0.15) is 0 Å². The molecule has 2 aromatic rings. The lowest BCUT2D eigenvalue weighted by molar-refractivity contribution is -0.127. The molecule has 1 aliphatic heterocycles. The van der Waals surface area contributed by atoms with Gasteiger partial charge in [-0.1, -0.05) is 91.8 Å². The smallest absolute Gasteiger partial charge is 0.414 e. The number of amides is 2. The van der Waals surface area contributed by atoms with E-state index in [1.165, 1.54) is 0 Å². The van der Waals surface area contributed by atoms with Crippen LogP contribution in [0.2, 0.25) is 5.04 Å². The number of imide groups is 1. The molecule has 154 valence electrons. The number of carboxylic acid groups (broad SMARTS) is 1. The molecule has 0 bridgehead atoms. The van der Waals surface area contributed by atoms with E-state index in [1.54, 1.807) is 0 Å². The van der Waals surface area contributed by atoms with Crippen LogP contribution in [0.25, 0.3) is 0 Å². The molecule has 1 heterocycles. The maximum absolute atomic E-state index is 12.3. The first kappa shape index (κ1) is 21.2. The molecule has 29 heavy (non-hydrogen) atoms. The van der Waals surface area contributed by atoms with Crippen molar-refractivity contribution in [2.24, 2.45) is 0 Å². The van der Waals surface area contributed by atoms with Crippen LogP contribution in [0.5, 0.6) is 0 Å². The van der Waals surface area contributed by atoms with E-state index in [4.69, 9.17) is 0 Å². The molecule has 2 amide bonds. The van der Waals surface area contributed by atoms with Crippen LogP contribution in [0.15, 0.2) is 60.7 Å². The molecule has 3 N–H and O–H groups in total. The normalized spacial score (nSPS) is 21.3. The molecular formula is C22H27NO5Si. The lowest BCUT2D eigenvalue weighted by Gasteiger charge is -2.49. The van der Waals surface area contributed by atoms with E-state index in [0.717, 1.165) is 10.4 Å². The molecule has 6 nitrogen and oxygen atoms in total. The second-order valence-corrected chi connectivity index (χ2v) is 13.4. The first-order chi connectivity index (χ1) is 13.6. The predicted octanol–water partition coefficient (Wildman–Crippen LogP) is 1.59. The fraction of sp³-hybridized carbons (Fsp3) is 0.364. The van der Waals surface area contributed by atoms with Crippen molar-refractivity contribution in [2.45, 2.75) is 50.1 Å². The number of benzene rings is 2. The molecule has 1 fully saturated rings. The van der Waals surface area contributed by atoms with Crippen LogP contribution in [0, 0.1) is 0 Å². The fourth-order valence-electron chi connectivity index (χ4n) is 4.80. The van der Waals surface area contributed by atoms with Gasteiger partial charge < -0.3 is 15.3 Å². The van der Waals surface area contributed by atoms with Crippen LogP contribution in [0.1, 0.15) is 27.2 Å². The van der Waals surface area contributed by atoms with E-state index in [2.05, 4.69) is 0 Å². The van der Waals surface area contributed by atoms with Gasteiger partial charge >= 0.3 is 6.09 Å². The van der Waals surface area contributed by atoms with Gasteiger partial charge in [-0.3, -0.25) is 4.79 Å². The average Bonchev–Trinajstić information content (AvgIpc) is 2.97. The highest BCUT2D eigenvalue weighted by Crippen LogP contribution is 2.41. The highest BCUT2D eigenvalue weighted by Gasteiger charge is 2.60. The van der Waals surface area contributed by atoms with Crippen molar-refractivity contribution in [3.05, 3.63) is 60.7 Å². The number of carbonyl (C=O) groups excluding carboxylic acids is 1. The van der Waals surface area contributed by atoms with Gasteiger partial charge in [0.15, 0.2) is 8.07 Å². The molecule has 0 spiro atoms. The Labute approximate surface area is 171 Å². The molecule has 7 heteroatoms. The van der Waals surface area contributed by atoms with Crippen molar-refractivity contribution in [3.63, 3.8) is 0 Å². The predicted molar refractivity (Wildman–Crippen MR) is 113 cm³/mol. The third-order valence-electron chi connectivity index (χ3n) is 5.96. The molecule has 0 saturated carbocycles. The van der Waals surface area contributed by atoms with Crippen LogP contribution in [-0.4, -0.2) is 58.2 Å². The Hall–Kier alpha value is -2.48. The molecule has 1 unspecified atom stereocenters. The Morgan fingerprint density at radius 3 is 1.86 bits per heavy atom. The van der Waals surface area contributed by atoms with Gasteiger partial charge in [0.05, 0.1) is 24.3 Å². The third kappa shape index (κ3) is 3.39. The minimum Gasteiger partial charge on any atom is -0.465 e. The van der Waals surface area contributed by atoms with Gasteiger partial charge in [-0.25, -0.2) is 9.69 Å². The van der Waals surface area contributed by atoms with Crippen molar-refractivity contribution in [3.8, 4) is 0 Å². The molecule has 2 aromatic carbocycles. The molecule has 0 aromatic heterocycles. The maximum atomic E-state index is 12.3. The summed E-state index contributed by atoms with van der Waals surface area (Å²) in [6, 6.07) is 17.9. The van der Waals surface area contributed by atoms with E-state index < -0.39 is 43.0 Å². The number of hydrogen-bond acceptors (Lipinski definition) is 4. The summed E-state index contributed by atoms with van der Waals surface area (Å²) >= 11 is 0. The van der Waals surface area contributed by atoms with Gasteiger partial charge in [0, 0.05) is 0 Å². The summed E-state index contributed by atoms with van der Waals surface area (Å²) in [7, 11) is -3.14. The van der Waals surface area contributed by atoms with E-state index in [9.17, 15) is 24.9 Å². The number of carbonyl (C=O) groups is 2. The standard InChI is InChI=1S/C22H27NO5Si/c1-22(2,3)29(15-10-6-4-7-11-15,16-12-8-5-9-13-16)20(26)19-17(24)14-18(25)23(19)21(27)28/h4-13,17,19-20,24,26H,14H2,1-3H3,(H,27,28)/t17-,19-,20?/m1/s1. The van der Waals surface area contributed by atoms with Crippen molar-refractivity contribution in [1.29, 1.82) is 0 Å². The Morgan fingerprint density at radius 1 is 1.03 bits per heavy atom. The van der Waals surface area contributed by atoms with Crippen LogP contribution in [-0.2, 0) is 4.79 Å². The SMILES string of the molecule is CC(C)(C)[Si](c1ccccc1)(c1ccccc1)C(O)[C@H]1[C@H](O)CC(=O)N1C(=O)O. The summed E-state index contributed by atoms with van der Waals surface area (Å²) in [5.41, 5.74) is -1.23. The zero-order chi connectivity index (χ0) is 21.4. The van der Waals surface area contributed by atoms with Crippen molar-refractivity contribution < 1.29 is 24.9 Å². The number of likely N-dealkylation sites (tertiary alicyclic amines) is 1. The van der Waals surface area contributed by atoms with Crippen molar-refractivity contribution in [2.75, 3.05) is 0 Å². The van der Waals surface area contributed by atoms with Crippen LogP contribution < -0.4 is 10.4 Å². The van der Waals surface area contributed by atoms with Crippen LogP contribution in [0.4, 0.5) is 4.79 Å². The topological polar surface area (TPSA) is 98.1 Å². The largest absolute Gasteiger partial charge is 0.465 e. The second-order valence-electron chi connectivity index (χ2n) is 8.54. The van der Waals surface area contributed by atoms with E-state index in [0.29, 0.717) is 4.90 Å². The fourth-order valence-corrected chi connectivity index (χ4v) is 10.8. The monoisotopic (exact) mass is 413 g/mol. The summed E-state index contributed by atoms with van der Waals surface area (Å²) in [5.74, 6) is -0.688. The summed E-state index contributed by atoms with van der Waals surface area (Å²) in [6.07, 6.45) is -3.02. The number of nitrogens with zero attached hydrogens (tertiary/aromatic N) is 1. The number of aliphatic hydroxyl groups excluding tert-OH is 2. The van der Waals surface area contributed by atoms with Gasteiger partial charge in [0.2, 0.25) is 5.91 Å². The molecule has 1 aliphatic rings. The highest BCUT2D eigenvalue weighted by atomic mass is 28.3. The molecule has 3 rings (SSSR count). The number of hydrogen-bond donors (Lipinski definition) is 3. The van der Waals surface area contributed by atoms with E-state index in [-0.39, 0.29) is 6.42 Å². The summed E-state index contributed by atoms with van der Waals surface area (Å²) < 4.78 is 0. The zero-order valence-electron chi connectivity index (χ0n) is 16.8. The lowest BCUT2D eigenvalue weighted by atomic mass is 10.2. The minimum atomic E-state index is -3.14. The summed E-state index contributed by atoms with van der Waals surface area (Å²) in [5, 5.41) is 33.5. The Morgan fingerprint density at radius 2 is 1.48 bits per heavy atom. The minimum absolute atomic E-state index is 0.313. The summed E-state index contributed by atoms with van der Waals surface area (Å²) in [4.78, 5) is 24.7. The quantitative estimate of drug-likeness (QED) is 0.662. The van der Waals surface area contributed by atoms with Gasteiger partial charge in [-0.2, -0.15) is 0 Å². The summed E-state index contributed by atoms with van der Waals surface area (Å²) in [6.45, 7) is 6.07. The Kier molecular flexibility index (Phi) is 5.67. The number of rotatable bonds is 4. The van der Waals surface area contributed by atoms with Gasteiger partial charge in [0.25, 0.3) is 0 Å². The second kappa shape index (κ2) is 7.74. The molecule has 1 saturated heterocycles. The van der Waals surface area contributed by atoms with Crippen molar-refractivity contribution in [1.82, 2.24) is 4.90 Å². The molecule has 0 aliphatic carbocycles. The molecule has 3 atom stereocenters. The molecule has 0 radical (unpaired) electrons.